The number of ether oxygens (including phenoxy) is 4. The molecule has 152 valence electrons. The lowest BCUT2D eigenvalue weighted by atomic mass is 10.1. The lowest BCUT2D eigenvalue weighted by Gasteiger charge is -2.14. The van der Waals surface area contributed by atoms with Gasteiger partial charge in [-0.3, -0.25) is 0 Å². The van der Waals surface area contributed by atoms with Crippen LogP contribution in [-0.4, -0.2) is 37.7 Å². The van der Waals surface area contributed by atoms with E-state index in [9.17, 15) is 9.59 Å². The molecule has 0 spiro atoms. The van der Waals surface area contributed by atoms with Gasteiger partial charge in [0.2, 0.25) is 0 Å². The zero-order chi connectivity index (χ0) is 20.8. The minimum Gasteiger partial charge on any atom is -0.490 e. The van der Waals surface area contributed by atoms with E-state index < -0.39 is 11.9 Å². The predicted molar refractivity (Wildman–Crippen MR) is 104 cm³/mol. The minimum atomic E-state index is -0.617. The van der Waals surface area contributed by atoms with Crippen molar-refractivity contribution in [3.8, 4) is 11.5 Å². The third-order valence-corrected chi connectivity index (χ3v) is 3.91. The van der Waals surface area contributed by atoms with Crippen molar-refractivity contribution in [2.75, 3.05) is 19.8 Å². The van der Waals surface area contributed by atoms with Gasteiger partial charge in [0.25, 0.3) is 5.90 Å². The van der Waals surface area contributed by atoms with E-state index in [0.29, 0.717) is 23.7 Å². The van der Waals surface area contributed by atoms with E-state index in [1.165, 1.54) is 12.3 Å². The summed E-state index contributed by atoms with van der Waals surface area (Å²) in [5.74, 6) is -0.191. The van der Waals surface area contributed by atoms with Gasteiger partial charge >= 0.3 is 11.9 Å². The highest BCUT2D eigenvalue weighted by Crippen LogP contribution is 2.37. The van der Waals surface area contributed by atoms with Gasteiger partial charge in [-0.15, -0.1) is 0 Å². The molecule has 0 bridgehead atoms. The molecule has 0 aliphatic carbocycles. The molecule has 0 saturated heterocycles. The molecular weight excluding hydrogens is 402 g/mol. The average Bonchev–Trinajstić information content (AvgIpc) is 3.32. The molecule has 0 saturated carbocycles. The molecule has 2 aromatic rings. The Kier molecular flexibility index (Phi) is 6.56. The van der Waals surface area contributed by atoms with Gasteiger partial charge in [-0.2, -0.15) is 0 Å². The van der Waals surface area contributed by atoms with Crippen molar-refractivity contribution < 1.29 is 33.0 Å². The highest BCUT2D eigenvalue weighted by Gasteiger charge is 2.26. The van der Waals surface area contributed by atoms with Crippen molar-refractivity contribution in [2.45, 2.75) is 13.8 Å². The first-order valence-electron chi connectivity index (χ1n) is 8.83. The smallest absolute Gasteiger partial charge is 0.363 e. The van der Waals surface area contributed by atoms with Gasteiger partial charge in [0.1, 0.15) is 0 Å². The van der Waals surface area contributed by atoms with Crippen LogP contribution in [-0.2, 0) is 19.1 Å². The van der Waals surface area contributed by atoms with E-state index >= 15 is 0 Å². The number of furan rings is 1. The Morgan fingerprint density at radius 2 is 2.07 bits per heavy atom. The fourth-order valence-corrected chi connectivity index (χ4v) is 2.75. The predicted octanol–water partition coefficient (Wildman–Crippen LogP) is 3.62. The van der Waals surface area contributed by atoms with E-state index in [1.807, 2.05) is 0 Å². The molecule has 2 heterocycles. The molecule has 1 aliphatic rings. The largest absolute Gasteiger partial charge is 0.490 e. The third-order valence-electron chi connectivity index (χ3n) is 3.63. The van der Waals surface area contributed by atoms with E-state index in [4.69, 9.17) is 35.0 Å². The number of aliphatic imine (C=N–C) groups is 1. The van der Waals surface area contributed by atoms with Crippen LogP contribution >= 0.6 is 11.6 Å². The highest BCUT2D eigenvalue weighted by atomic mass is 35.5. The maximum atomic E-state index is 12.1. The van der Waals surface area contributed by atoms with Crippen molar-refractivity contribution in [2.24, 2.45) is 4.99 Å². The molecule has 0 atom stereocenters. The zero-order valence-corrected chi connectivity index (χ0v) is 16.5. The summed E-state index contributed by atoms with van der Waals surface area (Å²) >= 11 is 6.31. The average molecular weight is 420 g/mol. The molecule has 0 radical (unpaired) electrons. The SMILES string of the molecule is CCOC(=O)COc1c(Cl)cc(/C=C2\N=C(c3ccco3)OC2=O)cc1OCC. The Balaban J connectivity index is 1.87. The number of esters is 2. The van der Waals surface area contributed by atoms with Crippen LogP contribution in [0.5, 0.6) is 11.5 Å². The Morgan fingerprint density at radius 1 is 1.24 bits per heavy atom. The van der Waals surface area contributed by atoms with Gasteiger partial charge in [-0.1, -0.05) is 11.6 Å². The van der Waals surface area contributed by atoms with Crippen molar-refractivity contribution >= 4 is 35.5 Å². The van der Waals surface area contributed by atoms with Crippen LogP contribution in [0.2, 0.25) is 5.02 Å². The molecule has 9 heteroatoms. The first-order valence-corrected chi connectivity index (χ1v) is 9.20. The van der Waals surface area contributed by atoms with E-state index in [2.05, 4.69) is 4.99 Å². The zero-order valence-electron chi connectivity index (χ0n) is 15.8. The van der Waals surface area contributed by atoms with Crippen LogP contribution < -0.4 is 9.47 Å². The lowest BCUT2D eigenvalue weighted by Crippen LogP contribution is -2.15. The van der Waals surface area contributed by atoms with E-state index in [1.54, 1.807) is 38.1 Å². The summed E-state index contributed by atoms with van der Waals surface area (Å²) in [4.78, 5) is 27.8. The Hall–Kier alpha value is -3.26. The van der Waals surface area contributed by atoms with Gasteiger partial charge in [0.05, 0.1) is 24.5 Å². The number of carbonyl (C=O) groups excluding carboxylic acids is 2. The summed E-state index contributed by atoms with van der Waals surface area (Å²) < 4.78 is 26.2. The molecule has 0 fully saturated rings. The van der Waals surface area contributed by atoms with Crippen LogP contribution in [0, 0.1) is 0 Å². The summed E-state index contributed by atoms with van der Waals surface area (Å²) in [6.45, 7) is 3.78. The van der Waals surface area contributed by atoms with E-state index in [-0.39, 0.29) is 35.6 Å². The van der Waals surface area contributed by atoms with E-state index in [0.717, 1.165) is 0 Å². The summed E-state index contributed by atoms with van der Waals surface area (Å²) in [5, 5.41) is 0.203. The van der Waals surface area contributed by atoms with Crippen molar-refractivity contribution in [1.29, 1.82) is 0 Å². The number of hydrogen-bond acceptors (Lipinski definition) is 8. The topological polar surface area (TPSA) is 96.6 Å². The fourth-order valence-electron chi connectivity index (χ4n) is 2.48. The molecule has 1 aliphatic heterocycles. The standard InChI is InChI=1S/C20H18ClNO7/c1-3-25-16-10-12(8-13(21)18(16)28-11-17(23)26-4-2)9-14-20(24)29-19(22-14)15-6-5-7-27-15/h5-10H,3-4,11H2,1-2H3/b14-9-. The number of carbonyl (C=O) groups is 2. The molecule has 8 nitrogen and oxygen atoms in total. The number of benzene rings is 1. The minimum absolute atomic E-state index is 0.0788. The molecule has 0 N–H and O–H groups in total. The summed E-state index contributed by atoms with van der Waals surface area (Å²) in [5.41, 5.74) is 0.619. The van der Waals surface area contributed by atoms with Crippen molar-refractivity contribution in [1.82, 2.24) is 0 Å². The van der Waals surface area contributed by atoms with Gasteiger partial charge in [-0.25, -0.2) is 14.6 Å². The molecule has 1 aromatic carbocycles. The lowest BCUT2D eigenvalue weighted by molar-refractivity contribution is -0.145. The molecule has 29 heavy (non-hydrogen) atoms. The van der Waals surface area contributed by atoms with Crippen LogP contribution in [0.4, 0.5) is 0 Å². The monoisotopic (exact) mass is 419 g/mol. The molecule has 1 aromatic heterocycles. The molecule has 0 amide bonds. The third kappa shape index (κ3) is 4.97. The first-order chi connectivity index (χ1) is 14.0. The molecule has 0 unspecified atom stereocenters. The summed E-state index contributed by atoms with van der Waals surface area (Å²) in [7, 11) is 0. The Bertz CT molecular complexity index is 963. The maximum Gasteiger partial charge on any atom is 0.363 e. The highest BCUT2D eigenvalue weighted by molar-refractivity contribution is 6.32. The molecule has 3 rings (SSSR count). The Labute approximate surface area is 171 Å². The first kappa shape index (κ1) is 20.5. The number of halogens is 1. The van der Waals surface area contributed by atoms with Gasteiger partial charge in [0, 0.05) is 0 Å². The van der Waals surface area contributed by atoms with Gasteiger partial charge in [0.15, 0.2) is 29.6 Å². The fraction of sp³-hybridized carbons (Fsp3) is 0.250. The summed E-state index contributed by atoms with van der Waals surface area (Å²) in [6, 6.07) is 6.48. The second kappa shape index (κ2) is 9.29. The van der Waals surface area contributed by atoms with Crippen LogP contribution in [0.25, 0.3) is 6.08 Å². The normalized spacial score (nSPS) is 14.5. The summed E-state index contributed by atoms with van der Waals surface area (Å²) in [6.07, 6.45) is 2.96. The number of hydrogen-bond donors (Lipinski definition) is 0. The number of nitrogens with zero attached hydrogens (tertiary/aromatic N) is 1. The number of cyclic esters (lactones) is 1. The molecular formula is C20H18ClNO7. The second-order valence-corrected chi connectivity index (χ2v) is 6.08. The number of rotatable bonds is 8. The maximum absolute atomic E-state index is 12.1. The van der Waals surface area contributed by atoms with Gasteiger partial charge < -0.3 is 23.4 Å². The van der Waals surface area contributed by atoms with Crippen LogP contribution in [0.1, 0.15) is 25.2 Å². The van der Waals surface area contributed by atoms with Crippen LogP contribution in [0.3, 0.4) is 0 Å². The second-order valence-electron chi connectivity index (χ2n) is 5.67. The van der Waals surface area contributed by atoms with Crippen LogP contribution in [0.15, 0.2) is 45.6 Å². The van der Waals surface area contributed by atoms with Crippen molar-refractivity contribution in [3.05, 3.63) is 52.6 Å². The van der Waals surface area contributed by atoms with Gasteiger partial charge in [-0.05, 0) is 49.8 Å². The van der Waals surface area contributed by atoms with Crippen molar-refractivity contribution in [3.63, 3.8) is 0 Å². The quantitative estimate of drug-likeness (QED) is 0.476. The Morgan fingerprint density at radius 3 is 2.76 bits per heavy atom.